The summed E-state index contributed by atoms with van der Waals surface area (Å²) in [5.74, 6) is 6.61. The van der Waals surface area contributed by atoms with Crippen LogP contribution in [0.2, 0.25) is 0 Å². The van der Waals surface area contributed by atoms with Gasteiger partial charge in [0.1, 0.15) is 25.4 Å². The Kier molecular flexibility index (Phi) is 8.92. The zero-order chi connectivity index (χ0) is 25.9. The summed E-state index contributed by atoms with van der Waals surface area (Å²) in [7, 11) is 0. The lowest BCUT2D eigenvalue weighted by atomic mass is 9.93. The summed E-state index contributed by atoms with van der Waals surface area (Å²) in [5.41, 5.74) is 5.39. The van der Waals surface area contributed by atoms with Crippen molar-refractivity contribution in [1.29, 1.82) is 0 Å². The van der Waals surface area contributed by atoms with Crippen LogP contribution in [-0.2, 0) is 35.8 Å². The number of nitrogens with one attached hydrogen (secondary N) is 1. The van der Waals surface area contributed by atoms with Crippen molar-refractivity contribution in [3.8, 4) is 11.5 Å². The zero-order valence-corrected chi connectivity index (χ0v) is 20.9. The highest BCUT2D eigenvalue weighted by atomic mass is 16.5. The number of hydrazine groups is 1. The van der Waals surface area contributed by atoms with Gasteiger partial charge in [-0.2, -0.15) is 0 Å². The number of hydrogen-bond donors (Lipinski definition) is 2. The standard InChI is InChI=1S/C31H32N2O4/c1-31(33-32,30(34)37-23-26-15-9-4-10-16-26)20-27-17-18-28(35-21-24-11-5-2-6-12-24)29(19-27)36-22-25-13-7-3-8-14-25/h2-19,33H,20-23,32H2,1H3/t31-/m0/s1. The van der Waals surface area contributed by atoms with E-state index in [-0.39, 0.29) is 6.61 Å². The van der Waals surface area contributed by atoms with E-state index in [1.807, 2.05) is 109 Å². The number of nitrogens with two attached hydrogens (primary N) is 1. The molecule has 4 aromatic carbocycles. The Morgan fingerprint density at radius 1 is 0.676 bits per heavy atom. The van der Waals surface area contributed by atoms with Crippen molar-refractivity contribution in [3.05, 3.63) is 131 Å². The average molecular weight is 497 g/mol. The molecule has 190 valence electrons. The molecule has 0 saturated carbocycles. The van der Waals surface area contributed by atoms with Gasteiger partial charge in [0.25, 0.3) is 0 Å². The van der Waals surface area contributed by atoms with Gasteiger partial charge in [0, 0.05) is 6.42 Å². The fourth-order valence-corrected chi connectivity index (χ4v) is 3.84. The highest BCUT2D eigenvalue weighted by Crippen LogP contribution is 2.31. The Hall–Kier alpha value is -4.13. The van der Waals surface area contributed by atoms with Gasteiger partial charge in [0.05, 0.1) is 0 Å². The van der Waals surface area contributed by atoms with Gasteiger partial charge in [-0.1, -0.05) is 97.1 Å². The van der Waals surface area contributed by atoms with E-state index in [9.17, 15) is 4.79 Å². The number of ether oxygens (including phenoxy) is 3. The van der Waals surface area contributed by atoms with E-state index in [0.29, 0.717) is 31.1 Å². The summed E-state index contributed by atoms with van der Waals surface area (Å²) in [6.07, 6.45) is 0.303. The van der Waals surface area contributed by atoms with Crippen molar-refractivity contribution >= 4 is 5.97 Å². The lowest BCUT2D eigenvalue weighted by Gasteiger charge is -2.27. The fraction of sp³-hybridized carbons (Fsp3) is 0.194. The van der Waals surface area contributed by atoms with Crippen LogP contribution in [0.4, 0.5) is 0 Å². The van der Waals surface area contributed by atoms with E-state index in [4.69, 9.17) is 20.1 Å². The molecule has 37 heavy (non-hydrogen) atoms. The van der Waals surface area contributed by atoms with E-state index in [1.165, 1.54) is 0 Å². The molecular weight excluding hydrogens is 464 g/mol. The lowest BCUT2D eigenvalue weighted by molar-refractivity contribution is -0.152. The van der Waals surface area contributed by atoms with Crippen LogP contribution in [0, 0.1) is 0 Å². The Balaban J connectivity index is 1.49. The molecule has 0 unspecified atom stereocenters. The second-order valence-electron chi connectivity index (χ2n) is 9.04. The zero-order valence-electron chi connectivity index (χ0n) is 20.9. The van der Waals surface area contributed by atoms with Crippen molar-refractivity contribution in [3.63, 3.8) is 0 Å². The highest BCUT2D eigenvalue weighted by Gasteiger charge is 2.34. The average Bonchev–Trinajstić information content (AvgIpc) is 2.95. The van der Waals surface area contributed by atoms with Gasteiger partial charge in [0.15, 0.2) is 11.5 Å². The highest BCUT2D eigenvalue weighted by molar-refractivity contribution is 5.80. The predicted octanol–water partition coefficient (Wildman–Crippen LogP) is 5.35. The van der Waals surface area contributed by atoms with E-state index in [2.05, 4.69) is 5.43 Å². The molecule has 0 fully saturated rings. The van der Waals surface area contributed by atoms with Crippen LogP contribution in [-0.4, -0.2) is 11.5 Å². The van der Waals surface area contributed by atoms with Gasteiger partial charge in [-0.25, -0.2) is 10.2 Å². The smallest absolute Gasteiger partial charge is 0.328 e. The molecule has 0 aliphatic rings. The third-order valence-electron chi connectivity index (χ3n) is 6.02. The predicted molar refractivity (Wildman–Crippen MR) is 144 cm³/mol. The lowest BCUT2D eigenvalue weighted by Crippen LogP contribution is -2.55. The molecule has 0 amide bonds. The Morgan fingerprint density at radius 2 is 1.16 bits per heavy atom. The van der Waals surface area contributed by atoms with Gasteiger partial charge in [0.2, 0.25) is 0 Å². The molecule has 4 aromatic rings. The Labute approximate surface area is 218 Å². The molecule has 0 aliphatic carbocycles. The minimum absolute atomic E-state index is 0.175. The summed E-state index contributed by atoms with van der Waals surface area (Å²) >= 11 is 0. The molecule has 0 aromatic heterocycles. The summed E-state index contributed by atoms with van der Waals surface area (Å²) < 4.78 is 17.8. The molecule has 6 nitrogen and oxygen atoms in total. The Morgan fingerprint density at radius 3 is 1.68 bits per heavy atom. The number of esters is 1. The summed E-state index contributed by atoms with van der Waals surface area (Å²) in [6, 6.07) is 35.1. The SMILES string of the molecule is C[C@@](Cc1ccc(OCc2ccccc2)c(OCc2ccccc2)c1)(NN)C(=O)OCc1ccccc1. The number of carbonyl (C=O) groups is 1. The van der Waals surface area contributed by atoms with Gasteiger partial charge in [-0.05, 0) is 41.3 Å². The molecule has 4 rings (SSSR count). The molecule has 0 spiro atoms. The van der Waals surface area contributed by atoms with Crippen molar-refractivity contribution < 1.29 is 19.0 Å². The molecule has 0 bridgehead atoms. The quantitative estimate of drug-likeness (QED) is 0.156. The van der Waals surface area contributed by atoms with Crippen LogP contribution in [0.25, 0.3) is 0 Å². The number of rotatable bonds is 12. The largest absolute Gasteiger partial charge is 0.485 e. The first-order chi connectivity index (χ1) is 18.1. The number of carbonyl (C=O) groups excluding carboxylic acids is 1. The molecule has 1 atom stereocenters. The van der Waals surface area contributed by atoms with Crippen molar-refractivity contribution in [1.82, 2.24) is 5.43 Å². The molecule has 0 saturated heterocycles. The summed E-state index contributed by atoms with van der Waals surface area (Å²) in [5, 5.41) is 0. The van der Waals surface area contributed by atoms with Crippen LogP contribution >= 0.6 is 0 Å². The van der Waals surface area contributed by atoms with Crippen LogP contribution in [0.5, 0.6) is 11.5 Å². The van der Waals surface area contributed by atoms with Gasteiger partial charge in [-0.15, -0.1) is 0 Å². The first-order valence-corrected chi connectivity index (χ1v) is 12.2. The van der Waals surface area contributed by atoms with E-state index in [0.717, 1.165) is 22.3 Å². The molecule has 0 heterocycles. The van der Waals surface area contributed by atoms with E-state index >= 15 is 0 Å². The number of hydrogen-bond acceptors (Lipinski definition) is 6. The van der Waals surface area contributed by atoms with Gasteiger partial charge < -0.3 is 14.2 Å². The molecule has 3 N–H and O–H groups in total. The third-order valence-corrected chi connectivity index (χ3v) is 6.02. The van der Waals surface area contributed by atoms with Crippen molar-refractivity contribution in [2.75, 3.05) is 0 Å². The monoisotopic (exact) mass is 496 g/mol. The summed E-state index contributed by atoms with van der Waals surface area (Å²) in [4.78, 5) is 13.0. The van der Waals surface area contributed by atoms with Crippen LogP contribution in [0.1, 0.15) is 29.2 Å². The first-order valence-electron chi connectivity index (χ1n) is 12.2. The fourth-order valence-electron chi connectivity index (χ4n) is 3.84. The maximum absolute atomic E-state index is 13.0. The maximum atomic E-state index is 13.0. The second kappa shape index (κ2) is 12.7. The number of benzene rings is 4. The summed E-state index contributed by atoms with van der Waals surface area (Å²) in [6.45, 7) is 2.70. The van der Waals surface area contributed by atoms with E-state index < -0.39 is 11.5 Å². The van der Waals surface area contributed by atoms with Crippen LogP contribution in [0.15, 0.2) is 109 Å². The molecule has 6 heteroatoms. The minimum atomic E-state index is -1.13. The van der Waals surface area contributed by atoms with E-state index in [1.54, 1.807) is 6.92 Å². The van der Waals surface area contributed by atoms with Gasteiger partial charge in [-0.3, -0.25) is 5.84 Å². The third kappa shape index (κ3) is 7.43. The maximum Gasteiger partial charge on any atom is 0.328 e. The normalized spacial score (nSPS) is 12.4. The van der Waals surface area contributed by atoms with Gasteiger partial charge >= 0.3 is 5.97 Å². The Bertz CT molecular complexity index is 1270. The molecule has 0 aliphatic heterocycles. The topological polar surface area (TPSA) is 82.8 Å². The van der Waals surface area contributed by atoms with Crippen LogP contribution < -0.4 is 20.7 Å². The first kappa shape index (κ1) is 25.9. The molecular formula is C31H32N2O4. The van der Waals surface area contributed by atoms with Crippen LogP contribution in [0.3, 0.4) is 0 Å². The minimum Gasteiger partial charge on any atom is -0.485 e. The molecule has 0 radical (unpaired) electrons. The second-order valence-corrected chi connectivity index (χ2v) is 9.04. The van der Waals surface area contributed by atoms with Crippen molar-refractivity contribution in [2.24, 2.45) is 5.84 Å². The van der Waals surface area contributed by atoms with Crippen molar-refractivity contribution in [2.45, 2.75) is 38.7 Å².